The zero-order valence-electron chi connectivity index (χ0n) is 22.7. The fourth-order valence-electron chi connectivity index (χ4n) is 3.85. The van der Waals surface area contributed by atoms with E-state index in [-0.39, 0.29) is 17.4 Å². The second-order valence-corrected chi connectivity index (χ2v) is 9.24. The molecule has 12 heteroatoms. The van der Waals surface area contributed by atoms with Crippen molar-refractivity contribution in [2.75, 3.05) is 34.2 Å². The van der Waals surface area contributed by atoms with Gasteiger partial charge in [0.15, 0.2) is 34.0 Å². The quantitative estimate of drug-likeness (QED) is 0.156. The number of rotatable bonds is 11. The van der Waals surface area contributed by atoms with Gasteiger partial charge in [-0.1, -0.05) is 30.0 Å². The number of amides is 1. The van der Waals surface area contributed by atoms with Crippen LogP contribution in [0.15, 0.2) is 70.9 Å². The number of ether oxygens (including phenoxy) is 4. The molecule has 208 valence electrons. The molecule has 0 aliphatic rings. The van der Waals surface area contributed by atoms with Crippen molar-refractivity contribution in [1.82, 2.24) is 20.2 Å². The summed E-state index contributed by atoms with van der Waals surface area (Å²) in [6, 6.07) is 18.0. The number of hydrazone groups is 1. The molecule has 3 aromatic carbocycles. The van der Waals surface area contributed by atoms with Gasteiger partial charge in [0.1, 0.15) is 0 Å². The summed E-state index contributed by atoms with van der Waals surface area (Å²) < 4.78 is 23.5. The number of phenols is 1. The molecule has 0 spiro atoms. The van der Waals surface area contributed by atoms with Crippen LogP contribution >= 0.6 is 11.8 Å². The lowest BCUT2D eigenvalue weighted by Gasteiger charge is -2.15. The number of carbonyl (C=O) groups excluding carboxylic acids is 1. The van der Waals surface area contributed by atoms with Crippen molar-refractivity contribution in [2.45, 2.75) is 12.1 Å². The number of benzene rings is 3. The standard InChI is InChI=1S/C28H29N5O6S/c1-17(18-11-12-21(34)22(13-18)36-2)29-30-25(35)16-40-28-32-31-27(33(28)20-9-7-6-8-10-20)19-14-23(37-3)26(39-5)24(15-19)38-4/h6-15,34H,16H2,1-5H3,(H,30,35)/b29-17+. The third-order valence-electron chi connectivity index (χ3n) is 5.85. The van der Waals surface area contributed by atoms with Crippen molar-refractivity contribution in [1.29, 1.82) is 0 Å². The van der Waals surface area contributed by atoms with E-state index in [2.05, 4.69) is 20.7 Å². The van der Waals surface area contributed by atoms with Crippen LogP contribution in [0.25, 0.3) is 17.1 Å². The minimum Gasteiger partial charge on any atom is -0.504 e. The van der Waals surface area contributed by atoms with Crippen LogP contribution in [0.1, 0.15) is 12.5 Å². The van der Waals surface area contributed by atoms with Crippen molar-refractivity contribution in [3.63, 3.8) is 0 Å². The monoisotopic (exact) mass is 563 g/mol. The van der Waals surface area contributed by atoms with Gasteiger partial charge in [-0.2, -0.15) is 5.10 Å². The highest BCUT2D eigenvalue weighted by Gasteiger charge is 2.21. The number of nitrogens with one attached hydrogen (secondary N) is 1. The molecule has 40 heavy (non-hydrogen) atoms. The van der Waals surface area contributed by atoms with Crippen molar-refractivity contribution in [3.05, 3.63) is 66.2 Å². The first kappa shape index (κ1) is 28.3. The van der Waals surface area contributed by atoms with Crippen molar-refractivity contribution in [3.8, 4) is 45.8 Å². The third-order valence-corrected chi connectivity index (χ3v) is 6.78. The van der Waals surface area contributed by atoms with Gasteiger partial charge in [-0.05, 0) is 49.4 Å². The van der Waals surface area contributed by atoms with Gasteiger partial charge in [0.05, 0.1) is 39.9 Å². The Morgan fingerprint density at radius 3 is 2.23 bits per heavy atom. The molecule has 0 fully saturated rings. The molecule has 0 aliphatic heterocycles. The van der Waals surface area contributed by atoms with E-state index in [0.717, 1.165) is 5.69 Å². The molecule has 4 aromatic rings. The van der Waals surface area contributed by atoms with E-state index in [4.69, 9.17) is 18.9 Å². The van der Waals surface area contributed by atoms with Gasteiger partial charge >= 0.3 is 0 Å². The number of thioether (sulfide) groups is 1. The lowest BCUT2D eigenvalue weighted by atomic mass is 10.1. The molecule has 0 saturated carbocycles. The van der Waals surface area contributed by atoms with Crippen LogP contribution in [0.2, 0.25) is 0 Å². The number of para-hydroxylation sites is 1. The Balaban J connectivity index is 1.59. The lowest BCUT2D eigenvalue weighted by molar-refractivity contribution is -0.118. The number of aromatic hydroxyl groups is 1. The highest BCUT2D eigenvalue weighted by Crippen LogP contribution is 2.41. The SMILES string of the molecule is COc1cc(/C(C)=N/NC(=O)CSc2nnc(-c3cc(OC)c(OC)c(OC)c3)n2-c2ccccc2)ccc1O. The summed E-state index contributed by atoms with van der Waals surface area (Å²) in [4.78, 5) is 12.7. The van der Waals surface area contributed by atoms with E-state index in [0.29, 0.717) is 50.8 Å². The number of phenolic OH excluding ortho intramolecular Hbond substituents is 1. The lowest BCUT2D eigenvalue weighted by Crippen LogP contribution is -2.21. The van der Waals surface area contributed by atoms with E-state index in [9.17, 15) is 9.90 Å². The van der Waals surface area contributed by atoms with E-state index >= 15 is 0 Å². The number of methoxy groups -OCH3 is 4. The molecular formula is C28H29N5O6S. The molecule has 0 saturated heterocycles. The van der Waals surface area contributed by atoms with E-state index in [1.54, 1.807) is 52.5 Å². The van der Waals surface area contributed by atoms with Crippen LogP contribution in [0.3, 0.4) is 0 Å². The van der Waals surface area contributed by atoms with Gasteiger partial charge in [0, 0.05) is 16.8 Å². The summed E-state index contributed by atoms with van der Waals surface area (Å²) in [6.07, 6.45) is 0. The summed E-state index contributed by atoms with van der Waals surface area (Å²) in [5.41, 5.74) is 5.31. The maximum Gasteiger partial charge on any atom is 0.250 e. The van der Waals surface area contributed by atoms with Crippen LogP contribution in [-0.4, -0.2) is 65.7 Å². The highest BCUT2D eigenvalue weighted by atomic mass is 32.2. The molecule has 0 radical (unpaired) electrons. The third kappa shape index (κ3) is 6.12. The Morgan fingerprint density at radius 2 is 1.60 bits per heavy atom. The molecule has 2 N–H and O–H groups in total. The van der Waals surface area contributed by atoms with Gasteiger partial charge in [0.2, 0.25) is 5.75 Å². The maximum atomic E-state index is 12.7. The Morgan fingerprint density at radius 1 is 0.925 bits per heavy atom. The molecule has 4 rings (SSSR count). The number of carbonyl (C=O) groups is 1. The predicted octanol–water partition coefficient (Wildman–Crippen LogP) is 4.31. The maximum absolute atomic E-state index is 12.7. The minimum absolute atomic E-state index is 0.0212. The van der Waals surface area contributed by atoms with E-state index < -0.39 is 0 Å². The van der Waals surface area contributed by atoms with Gasteiger partial charge in [0.25, 0.3) is 5.91 Å². The molecule has 0 atom stereocenters. The molecule has 0 aliphatic carbocycles. The number of aromatic nitrogens is 3. The number of hydrogen-bond acceptors (Lipinski definition) is 10. The summed E-state index contributed by atoms with van der Waals surface area (Å²) in [6.45, 7) is 1.74. The predicted molar refractivity (Wildman–Crippen MR) is 152 cm³/mol. The Hall–Kier alpha value is -4.71. The summed E-state index contributed by atoms with van der Waals surface area (Å²) in [5, 5.41) is 23.3. The highest BCUT2D eigenvalue weighted by molar-refractivity contribution is 7.99. The topological polar surface area (TPSA) is 129 Å². The first-order valence-electron chi connectivity index (χ1n) is 12.0. The van der Waals surface area contributed by atoms with Gasteiger partial charge < -0.3 is 24.1 Å². The van der Waals surface area contributed by atoms with Crippen molar-refractivity contribution in [2.24, 2.45) is 5.10 Å². The van der Waals surface area contributed by atoms with Crippen LogP contribution in [0.4, 0.5) is 0 Å². The first-order chi connectivity index (χ1) is 19.4. The Kier molecular flexibility index (Phi) is 9.12. The van der Waals surface area contributed by atoms with Gasteiger partial charge in [-0.25, -0.2) is 5.43 Å². The Labute approximate surface area is 235 Å². The second kappa shape index (κ2) is 12.9. The molecule has 1 heterocycles. The summed E-state index contributed by atoms with van der Waals surface area (Å²) in [5.74, 6) is 2.00. The molecule has 0 bridgehead atoms. The van der Waals surface area contributed by atoms with E-state index in [1.807, 2.05) is 34.9 Å². The van der Waals surface area contributed by atoms with Crippen molar-refractivity contribution >= 4 is 23.4 Å². The minimum atomic E-state index is -0.327. The smallest absolute Gasteiger partial charge is 0.250 e. The average Bonchev–Trinajstić information content (AvgIpc) is 3.42. The fourth-order valence-corrected chi connectivity index (χ4v) is 4.59. The number of hydrogen-bond donors (Lipinski definition) is 2. The van der Waals surface area contributed by atoms with Crippen LogP contribution in [0, 0.1) is 0 Å². The summed E-state index contributed by atoms with van der Waals surface area (Å²) in [7, 11) is 6.10. The first-order valence-corrected chi connectivity index (χ1v) is 13.0. The average molecular weight is 564 g/mol. The summed E-state index contributed by atoms with van der Waals surface area (Å²) >= 11 is 1.22. The normalized spacial score (nSPS) is 11.2. The van der Waals surface area contributed by atoms with Gasteiger partial charge in [-0.3, -0.25) is 9.36 Å². The molecule has 1 aromatic heterocycles. The van der Waals surface area contributed by atoms with Crippen LogP contribution < -0.4 is 24.4 Å². The zero-order valence-corrected chi connectivity index (χ0v) is 23.5. The molecule has 11 nitrogen and oxygen atoms in total. The Bertz CT molecular complexity index is 1500. The number of nitrogens with zero attached hydrogens (tertiary/aromatic N) is 4. The molecular weight excluding hydrogens is 534 g/mol. The van der Waals surface area contributed by atoms with Crippen LogP contribution in [0.5, 0.6) is 28.7 Å². The fraction of sp³-hybridized carbons (Fsp3) is 0.214. The van der Waals surface area contributed by atoms with E-state index in [1.165, 1.54) is 24.9 Å². The second-order valence-electron chi connectivity index (χ2n) is 8.30. The zero-order chi connectivity index (χ0) is 28.6. The molecule has 0 unspecified atom stereocenters. The van der Waals surface area contributed by atoms with Crippen molar-refractivity contribution < 1.29 is 28.8 Å². The van der Waals surface area contributed by atoms with Gasteiger partial charge in [-0.15, -0.1) is 10.2 Å². The molecule has 1 amide bonds. The largest absolute Gasteiger partial charge is 0.504 e. The van der Waals surface area contributed by atoms with Crippen LogP contribution in [-0.2, 0) is 4.79 Å².